The minimum Gasteiger partial charge on any atom is -0.506 e. The molecule has 0 aliphatic heterocycles. The lowest BCUT2D eigenvalue weighted by Gasteiger charge is -2.12. The van der Waals surface area contributed by atoms with Gasteiger partial charge in [-0.15, -0.1) is 5.10 Å². The van der Waals surface area contributed by atoms with Crippen molar-refractivity contribution in [1.82, 2.24) is 25.2 Å². The Balaban J connectivity index is 2.38. The number of nitrogens with zero attached hydrogens (tertiary/aromatic N) is 4. The Morgan fingerprint density at radius 2 is 2.14 bits per heavy atom. The van der Waals surface area contributed by atoms with E-state index in [4.69, 9.17) is 0 Å². The highest BCUT2D eigenvalue weighted by Gasteiger charge is 2.24. The fourth-order valence-electron chi connectivity index (χ4n) is 2.28. The molecule has 0 atom stereocenters. The monoisotopic (exact) mass is 285 g/mol. The van der Waals surface area contributed by atoms with Crippen LogP contribution in [0.25, 0.3) is 10.9 Å². The summed E-state index contributed by atoms with van der Waals surface area (Å²) in [5.41, 5.74) is -0.348. The van der Waals surface area contributed by atoms with Crippen LogP contribution in [0.15, 0.2) is 29.1 Å². The number of aromatic nitrogens is 5. The largest absolute Gasteiger partial charge is 0.506 e. The summed E-state index contributed by atoms with van der Waals surface area (Å²) in [6.07, 6.45) is 0. The van der Waals surface area contributed by atoms with Gasteiger partial charge in [0, 0.05) is 11.9 Å². The molecule has 0 amide bonds. The summed E-state index contributed by atoms with van der Waals surface area (Å²) in [7, 11) is 0. The quantitative estimate of drug-likeness (QED) is 0.676. The molecule has 2 N–H and O–H groups in total. The fourth-order valence-corrected chi connectivity index (χ4v) is 2.28. The van der Waals surface area contributed by atoms with Crippen LogP contribution in [0.3, 0.4) is 0 Å². The Morgan fingerprint density at radius 1 is 1.38 bits per heavy atom. The van der Waals surface area contributed by atoms with Gasteiger partial charge in [0.15, 0.2) is 0 Å². The van der Waals surface area contributed by atoms with Crippen molar-refractivity contribution < 1.29 is 9.90 Å². The first-order chi connectivity index (χ1) is 10.1. The number of H-pyrrole nitrogens is 1. The van der Waals surface area contributed by atoms with E-state index < -0.39 is 11.3 Å². The number of carbonyl (C=O) groups excluding carboxylic acids is 1. The number of hydrogen-bond acceptors (Lipinski definition) is 6. The van der Waals surface area contributed by atoms with E-state index in [9.17, 15) is 14.7 Å². The van der Waals surface area contributed by atoms with Gasteiger partial charge in [0.05, 0.1) is 5.52 Å². The molecule has 0 fully saturated rings. The average molecular weight is 285 g/mol. The van der Waals surface area contributed by atoms with Gasteiger partial charge < -0.3 is 9.67 Å². The van der Waals surface area contributed by atoms with E-state index in [-0.39, 0.29) is 17.1 Å². The Bertz CT molecular complexity index is 883. The molecule has 0 aliphatic rings. The number of hydrogen-bond donors (Lipinski definition) is 2. The highest BCUT2D eigenvalue weighted by Crippen LogP contribution is 2.27. The SMILES string of the molecule is CCn1c(=O)c(C(=O)c2nnn[nH]2)c(O)c2ccccc21. The van der Waals surface area contributed by atoms with Gasteiger partial charge in [-0.2, -0.15) is 0 Å². The highest BCUT2D eigenvalue weighted by atomic mass is 16.3. The first kappa shape index (κ1) is 13.0. The van der Waals surface area contributed by atoms with Crippen molar-refractivity contribution in [3.8, 4) is 5.75 Å². The molecule has 0 radical (unpaired) electrons. The van der Waals surface area contributed by atoms with Crippen LogP contribution in [-0.4, -0.2) is 36.1 Å². The number of nitrogens with one attached hydrogen (secondary N) is 1. The van der Waals surface area contributed by atoms with E-state index in [0.29, 0.717) is 17.4 Å². The molecule has 2 aromatic heterocycles. The Kier molecular flexibility index (Phi) is 2.98. The molecule has 0 bridgehead atoms. The molecular weight excluding hydrogens is 274 g/mol. The van der Waals surface area contributed by atoms with Crippen LogP contribution in [0.5, 0.6) is 5.75 Å². The zero-order chi connectivity index (χ0) is 15.0. The maximum Gasteiger partial charge on any atom is 0.266 e. The minimum absolute atomic E-state index is 0.194. The molecule has 21 heavy (non-hydrogen) atoms. The Labute approximate surface area is 118 Å². The van der Waals surface area contributed by atoms with Gasteiger partial charge in [0.1, 0.15) is 11.3 Å². The zero-order valence-corrected chi connectivity index (χ0v) is 11.1. The maximum absolute atomic E-state index is 12.5. The Morgan fingerprint density at radius 3 is 2.81 bits per heavy atom. The number of aromatic hydroxyl groups is 1. The lowest BCUT2D eigenvalue weighted by atomic mass is 10.1. The molecule has 8 nitrogen and oxygen atoms in total. The highest BCUT2D eigenvalue weighted by molar-refractivity contribution is 6.10. The van der Waals surface area contributed by atoms with Crippen molar-refractivity contribution in [1.29, 1.82) is 0 Å². The molecule has 1 aromatic carbocycles. The van der Waals surface area contributed by atoms with Gasteiger partial charge in [0.25, 0.3) is 5.56 Å². The molecule has 106 valence electrons. The summed E-state index contributed by atoms with van der Waals surface area (Å²) < 4.78 is 1.42. The molecule has 0 spiro atoms. The smallest absolute Gasteiger partial charge is 0.266 e. The van der Waals surface area contributed by atoms with Gasteiger partial charge in [-0.25, -0.2) is 5.10 Å². The van der Waals surface area contributed by atoms with E-state index in [1.54, 1.807) is 31.2 Å². The van der Waals surface area contributed by atoms with Crippen molar-refractivity contribution >= 4 is 16.7 Å². The summed E-state index contributed by atoms with van der Waals surface area (Å²) in [5, 5.41) is 23.1. The number of tetrazole rings is 1. The molecule has 0 saturated carbocycles. The van der Waals surface area contributed by atoms with Crippen molar-refractivity contribution in [3.05, 3.63) is 46.0 Å². The number of benzene rings is 1. The van der Waals surface area contributed by atoms with Crippen LogP contribution in [0, 0.1) is 0 Å². The fraction of sp³-hybridized carbons (Fsp3) is 0.154. The van der Waals surface area contributed by atoms with Gasteiger partial charge in [0.2, 0.25) is 11.6 Å². The molecule has 0 saturated heterocycles. The van der Waals surface area contributed by atoms with Crippen LogP contribution >= 0.6 is 0 Å². The molecule has 8 heteroatoms. The van der Waals surface area contributed by atoms with E-state index in [1.807, 2.05) is 0 Å². The Hall–Kier alpha value is -3.03. The molecule has 0 aliphatic carbocycles. The second kappa shape index (κ2) is 4.82. The molecular formula is C13H11N5O3. The third-order valence-corrected chi connectivity index (χ3v) is 3.25. The number of para-hydroxylation sites is 1. The second-order valence-corrected chi connectivity index (χ2v) is 4.37. The number of carbonyl (C=O) groups is 1. The number of aryl methyl sites for hydroxylation is 1. The first-order valence-corrected chi connectivity index (χ1v) is 6.28. The molecule has 2 heterocycles. The number of pyridine rings is 1. The van der Waals surface area contributed by atoms with Crippen molar-refractivity contribution in [2.24, 2.45) is 0 Å². The number of ketones is 1. The summed E-state index contributed by atoms with van der Waals surface area (Å²) in [5.74, 6) is -1.29. The minimum atomic E-state index is -0.740. The van der Waals surface area contributed by atoms with E-state index >= 15 is 0 Å². The van der Waals surface area contributed by atoms with E-state index in [2.05, 4.69) is 20.6 Å². The first-order valence-electron chi connectivity index (χ1n) is 6.28. The topological polar surface area (TPSA) is 114 Å². The molecule has 3 aromatic rings. The standard InChI is InChI=1S/C13H11N5O3/c1-2-18-8-6-4-3-5-7(8)10(19)9(13(18)21)11(20)12-14-16-17-15-12/h3-6,19H,2H2,1H3,(H,14,15,16,17). The third kappa shape index (κ3) is 1.88. The summed E-state index contributed by atoms with van der Waals surface area (Å²) in [6, 6.07) is 6.84. The van der Waals surface area contributed by atoms with Crippen molar-refractivity contribution in [2.75, 3.05) is 0 Å². The number of rotatable bonds is 3. The second-order valence-electron chi connectivity index (χ2n) is 4.37. The summed E-state index contributed by atoms with van der Waals surface area (Å²) >= 11 is 0. The lowest BCUT2D eigenvalue weighted by molar-refractivity contribution is 0.102. The van der Waals surface area contributed by atoms with Gasteiger partial charge >= 0.3 is 0 Å². The van der Waals surface area contributed by atoms with Crippen LogP contribution in [0.1, 0.15) is 23.1 Å². The number of fused-ring (bicyclic) bond motifs is 1. The van der Waals surface area contributed by atoms with E-state index in [1.165, 1.54) is 4.57 Å². The third-order valence-electron chi connectivity index (χ3n) is 3.25. The van der Waals surface area contributed by atoms with Crippen molar-refractivity contribution in [3.63, 3.8) is 0 Å². The van der Waals surface area contributed by atoms with Gasteiger partial charge in [-0.1, -0.05) is 12.1 Å². The molecule has 3 rings (SSSR count). The lowest BCUT2D eigenvalue weighted by Crippen LogP contribution is -2.27. The molecule has 0 unspecified atom stereocenters. The van der Waals surface area contributed by atoms with E-state index in [0.717, 1.165) is 0 Å². The maximum atomic E-state index is 12.5. The summed E-state index contributed by atoms with van der Waals surface area (Å²) in [6.45, 7) is 2.16. The van der Waals surface area contributed by atoms with Gasteiger partial charge in [-0.3, -0.25) is 9.59 Å². The summed E-state index contributed by atoms with van der Waals surface area (Å²) in [4.78, 5) is 24.8. The zero-order valence-electron chi connectivity index (χ0n) is 11.1. The van der Waals surface area contributed by atoms with Crippen LogP contribution in [0.2, 0.25) is 0 Å². The average Bonchev–Trinajstić information content (AvgIpc) is 3.02. The van der Waals surface area contributed by atoms with Crippen LogP contribution in [0.4, 0.5) is 0 Å². The van der Waals surface area contributed by atoms with Crippen molar-refractivity contribution in [2.45, 2.75) is 13.5 Å². The predicted octanol–water partition coefficient (Wildman–Crippen LogP) is 0.471. The number of aromatic amines is 1. The predicted molar refractivity (Wildman–Crippen MR) is 73.2 cm³/mol. The van der Waals surface area contributed by atoms with Gasteiger partial charge in [-0.05, 0) is 29.5 Å². The van der Waals surface area contributed by atoms with Crippen LogP contribution in [-0.2, 0) is 6.54 Å². The van der Waals surface area contributed by atoms with Crippen LogP contribution < -0.4 is 5.56 Å². The normalized spacial score (nSPS) is 10.9.